The fourth-order valence-electron chi connectivity index (χ4n) is 6.12. The smallest absolute Gasteiger partial charge is 0.407 e. The second-order valence-electron chi connectivity index (χ2n) is 15.9. The van der Waals surface area contributed by atoms with E-state index in [0.29, 0.717) is 79.0 Å². The van der Waals surface area contributed by atoms with Crippen LogP contribution in [0.15, 0.2) is 0 Å². The zero-order chi connectivity index (χ0) is 50.3. The van der Waals surface area contributed by atoms with Crippen molar-refractivity contribution >= 4 is 71.4 Å². The number of hydrogen-bond acceptors (Lipinski definition) is 18. The van der Waals surface area contributed by atoms with Crippen LogP contribution in [0.25, 0.3) is 0 Å². The van der Waals surface area contributed by atoms with E-state index in [-0.39, 0.29) is 31.0 Å². The van der Waals surface area contributed by atoms with Gasteiger partial charge in [-0.15, -0.1) is 0 Å². The number of rotatable bonds is 46. The first-order valence-corrected chi connectivity index (χ1v) is 30.0. The highest BCUT2D eigenvalue weighted by Crippen LogP contribution is 2.30. The predicted octanol–water partition coefficient (Wildman–Crippen LogP) is 8.13. The second-order valence-corrected chi connectivity index (χ2v) is 20.8. The average Bonchev–Trinajstić information content (AvgIpc) is 3.34. The molecule has 0 bridgehead atoms. The van der Waals surface area contributed by atoms with Crippen molar-refractivity contribution in [3.63, 3.8) is 0 Å². The van der Waals surface area contributed by atoms with Crippen LogP contribution >= 0.6 is 47.0 Å². The van der Waals surface area contributed by atoms with E-state index in [9.17, 15) is 19.2 Å². The van der Waals surface area contributed by atoms with Crippen molar-refractivity contribution in [1.29, 1.82) is 0 Å². The molecule has 0 saturated carbocycles. The minimum atomic E-state index is -0.731. The number of methoxy groups -OCH3 is 1. The van der Waals surface area contributed by atoms with E-state index in [0.717, 1.165) is 123 Å². The summed E-state index contributed by atoms with van der Waals surface area (Å²) in [6.45, 7) is 14.1. The molecule has 0 aromatic heterocycles. The molecule has 4 amide bonds. The number of nitrogens with one attached hydrogen (secondary N) is 4. The number of thioether (sulfide) groups is 4. The molecule has 0 spiro atoms. The van der Waals surface area contributed by atoms with E-state index >= 15 is 0 Å². The molecule has 1 aliphatic rings. The normalized spacial score (nSPS) is 17.8. The fourth-order valence-corrected chi connectivity index (χ4v) is 9.21. The second kappa shape index (κ2) is 48.5. The Kier molecular flexibility index (Phi) is 45.9. The van der Waals surface area contributed by atoms with E-state index in [1.165, 1.54) is 0 Å². The number of amides is 4. The summed E-state index contributed by atoms with van der Waals surface area (Å²) in [5.41, 5.74) is 0. The number of alkyl carbamates (subject to hydrolysis) is 4. The topological polar surface area (TPSA) is 209 Å². The number of carbonyl (C=O) groups is 4. The molecule has 4 N–H and O–H groups in total. The van der Waals surface area contributed by atoms with Gasteiger partial charge in [-0.1, -0.05) is 53.4 Å². The van der Waals surface area contributed by atoms with Crippen molar-refractivity contribution in [3.8, 4) is 0 Å². The number of unbranched alkanes of at least 4 members (excludes halogenated alkanes) is 4. The third-order valence-electron chi connectivity index (χ3n) is 9.90. The van der Waals surface area contributed by atoms with E-state index in [2.05, 4.69) is 49.0 Å². The van der Waals surface area contributed by atoms with Crippen LogP contribution in [-0.4, -0.2) is 194 Å². The zero-order valence-corrected chi connectivity index (χ0v) is 45.8. The van der Waals surface area contributed by atoms with Crippen molar-refractivity contribution in [2.45, 2.75) is 135 Å². The average molecular weight is 1060 g/mol. The molecule has 1 aliphatic heterocycles. The van der Waals surface area contributed by atoms with Crippen LogP contribution in [0.5, 0.6) is 0 Å². The van der Waals surface area contributed by atoms with Crippen LogP contribution in [0.3, 0.4) is 0 Å². The van der Waals surface area contributed by atoms with Gasteiger partial charge in [-0.05, 0) is 74.4 Å². The molecular weight excluding hydrogens is 973 g/mol. The quantitative estimate of drug-likeness (QED) is 0.0335. The van der Waals surface area contributed by atoms with Gasteiger partial charge in [-0.3, -0.25) is 0 Å². The number of ether oxygens (including phenoxy) is 10. The van der Waals surface area contributed by atoms with Gasteiger partial charge in [0.2, 0.25) is 0 Å². The van der Waals surface area contributed by atoms with Gasteiger partial charge in [-0.2, -0.15) is 47.0 Å². The Balaban J connectivity index is 2.90. The summed E-state index contributed by atoms with van der Waals surface area (Å²) in [6, 6.07) is 0. The van der Waals surface area contributed by atoms with Crippen LogP contribution in [-0.2, 0) is 47.4 Å². The highest BCUT2D eigenvalue weighted by atomic mass is 32.2. The maximum Gasteiger partial charge on any atom is 0.407 e. The third kappa shape index (κ3) is 37.6. The highest BCUT2D eigenvalue weighted by molar-refractivity contribution is 7.99. The molecule has 1 fully saturated rings. The first kappa shape index (κ1) is 65.3. The van der Waals surface area contributed by atoms with Crippen molar-refractivity contribution in [2.75, 3.05) is 139 Å². The summed E-state index contributed by atoms with van der Waals surface area (Å²) in [5.74, 6) is 6.38. The molecule has 18 nitrogen and oxygen atoms in total. The molecule has 22 heteroatoms. The van der Waals surface area contributed by atoms with Gasteiger partial charge in [-0.25, -0.2) is 19.2 Å². The molecule has 5 atom stereocenters. The molecule has 406 valence electrons. The molecule has 69 heavy (non-hydrogen) atoms. The monoisotopic (exact) mass is 1060 g/mol. The minimum Gasteiger partial charge on any atom is -0.450 e. The molecule has 0 aromatic carbocycles. The van der Waals surface area contributed by atoms with E-state index in [1.807, 2.05) is 0 Å². The Labute approximate surface area is 431 Å². The van der Waals surface area contributed by atoms with Crippen molar-refractivity contribution in [2.24, 2.45) is 0 Å². The van der Waals surface area contributed by atoms with Crippen LogP contribution in [0.4, 0.5) is 19.2 Å². The van der Waals surface area contributed by atoms with Gasteiger partial charge in [0.1, 0.15) is 24.4 Å². The van der Waals surface area contributed by atoms with E-state index in [4.69, 9.17) is 47.4 Å². The van der Waals surface area contributed by atoms with Gasteiger partial charge < -0.3 is 68.6 Å². The highest BCUT2D eigenvalue weighted by Gasteiger charge is 2.48. The predicted molar refractivity (Wildman–Crippen MR) is 281 cm³/mol. The summed E-state index contributed by atoms with van der Waals surface area (Å²) in [7, 11) is 1.60. The lowest BCUT2D eigenvalue weighted by atomic mass is 9.98. The first-order valence-electron chi connectivity index (χ1n) is 25.3. The molecule has 1 rings (SSSR count). The van der Waals surface area contributed by atoms with Crippen LogP contribution < -0.4 is 21.3 Å². The standard InChI is InChI=1S/C47H90N4O14S4/c1-6-10-23-61-44(52)48-18-34-66-30-14-22-57-38-39-40(58-27-15-31-67-35-19-49-45(53)62-24-11-7-2)41(59-28-16-32-68-36-20-50-46(54)63-25-12-8-3)42(43(56-5)65-39)60-29-17-33-69-37-21-51-47(55)64-26-13-9-4/h39-43H,6-38H2,1-5H3,(H,48,52)(H,49,53)(H,50,54)(H,51,55)/t39-,40+,41+,42-,43+/m1/s1. The first-order chi connectivity index (χ1) is 33.8. The fraction of sp³-hybridized carbons (Fsp3) is 0.915. The lowest BCUT2D eigenvalue weighted by molar-refractivity contribution is -0.318. The summed E-state index contributed by atoms with van der Waals surface area (Å²) >= 11 is 6.93. The molecular formula is C47H90N4O14S4. The van der Waals surface area contributed by atoms with E-state index < -0.39 is 30.7 Å². The zero-order valence-electron chi connectivity index (χ0n) is 42.6. The van der Waals surface area contributed by atoms with Crippen LogP contribution in [0.1, 0.15) is 105 Å². The van der Waals surface area contributed by atoms with Crippen molar-refractivity contribution in [3.05, 3.63) is 0 Å². The van der Waals surface area contributed by atoms with Crippen molar-refractivity contribution in [1.82, 2.24) is 21.3 Å². The maximum absolute atomic E-state index is 11.9. The van der Waals surface area contributed by atoms with Crippen LogP contribution in [0, 0.1) is 0 Å². The van der Waals surface area contributed by atoms with E-state index in [1.54, 1.807) is 54.2 Å². The summed E-state index contributed by atoms with van der Waals surface area (Å²) < 4.78 is 59.3. The Bertz CT molecular complexity index is 1240. The lowest BCUT2D eigenvalue weighted by Crippen LogP contribution is -2.62. The van der Waals surface area contributed by atoms with Gasteiger partial charge in [0.25, 0.3) is 0 Å². The van der Waals surface area contributed by atoms with Crippen LogP contribution in [0.2, 0.25) is 0 Å². The third-order valence-corrected chi connectivity index (χ3v) is 14.2. The Morgan fingerprint density at radius 1 is 0.420 bits per heavy atom. The summed E-state index contributed by atoms with van der Waals surface area (Å²) in [4.78, 5) is 47.5. The van der Waals surface area contributed by atoms with Gasteiger partial charge >= 0.3 is 24.4 Å². The summed E-state index contributed by atoms with van der Waals surface area (Å²) in [5, 5.41) is 11.2. The largest absolute Gasteiger partial charge is 0.450 e. The number of hydrogen-bond donors (Lipinski definition) is 4. The molecule has 1 saturated heterocycles. The van der Waals surface area contributed by atoms with Gasteiger partial charge in [0, 0.05) is 82.7 Å². The van der Waals surface area contributed by atoms with Gasteiger partial charge in [0.05, 0.1) is 33.0 Å². The van der Waals surface area contributed by atoms with Crippen molar-refractivity contribution < 1.29 is 66.5 Å². The van der Waals surface area contributed by atoms with Gasteiger partial charge in [0.15, 0.2) is 6.29 Å². The SMILES string of the molecule is CCCCOC(=O)NCCSCCCOC[C@H]1O[C@H](OC)[C@H](OCCCSCCNC(=O)OCCCC)[C@@H](OCCCSCCNC(=O)OCCCC)[C@H]1OCCCSCCNC(=O)OCCCC. The maximum atomic E-state index is 11.9. The Morgan fingerprint density at radius 2 is 0.754 bits per heavy atom. The number of carbonyl (C=O) groups excluding carboxylic acids is 4. The Hall–Kier alpha value is -1.76. The molecule has 1 heterocycles. The molecule has 0 radical (unpaired) electrons. The molecule has 0 aliphatic carbocycles. The minimum absolute atomic E-state index is 0.266. The lowest BCUT2D eigenvalue weighted by Gasteiger charge is -2.45. The molecule has 0 aromatic rings. The Morgan fingerprint density at radius 3 is 1.10 bits per heavy atom. The molecule has 0 unspecified atom stereocenters. The summed E-state index contributed by atoms with van der Waals surface area (Å²) in [6.07, 6.45) is 6.02.